The van der Waals surface area contributed by atoms with Crippen molar-refractivity contribution >= 4 is 17.7 Å². The second-order valence-electron chi connectivity index (χ2n) is 5.28. The molecule has 0 aromatic rings. The van der Waals surface area contributed by atoms with E-state index in [1.54, 1.807) is 0 Å². The minimum atomic E-state index is 0.183. The maximum Gasteiger partial charge on any atom is 0.224 e. The monoisotopic (exact) mass is 256 g/mol. The first-order valence-corrected chi connectivity index (χ1v) is 7.90. The molecule has 0 bridgehead atoms. The summed E-state index contributed by atoms with van der Waals surface area (Å²) in [5, 5.41) is 7.23. The molecule has 1 aliphatic heterocycles. The molecular formula is C13H24N2OS. The Morgan fingerprint density at radius 1 is 1.41 bits per heavy atom. The van der Waals surface area contributed by atoms with Crippen LogP contribution >= 0.6 is 11.8 Å². The number of nitrogens with one attached hydrogen (secondary N) is 2. The fourth-order valence-corrected chi connectivity index (χ4v) is 4.15. The van der Waals surface area contributed by atoms with Crippen LogP contribution in [0.5, 0.6) is 0 Å². The molecule has 1 aliphatic carbocycles. The highest BCUT2D eigenvalue weighted by Gasteiger charge is 2.34. The smallest absolute Gasteiger partial charge is 0.224 e. The quantitative estimate of drug-likeness (QED) is 0.803. The molecule has 17 heavy (non-hydrogen) atoms. The molecule has 1 saturated carbocycles. The normalized spacial score (nSPS) is 37.3. The minimum absolute atomic E-state index is 0.183. The van der Waals surface area contributed by atoms with Gasteiger partial charge in [-0.1, -0.05) is 20.3 Å². The Kier molecular flexibility index (Phi) is 4.74. The zero-order valence-electron chi connectivity index (χ0n) is 10.9. The largest absolute Gasteiger partial charge is 0.352 e. The van der Waals surface area contributed by atoms with E-state index in [2.05, 4.69) is 24.5 Å². The Labute approximate surface area is 108 Å². The van der Waals surface area contributed by atoms with E-state index in [1.165, 1.54) is 12.8 Å². The lowest BCUT2D eigenvalue weighted by Crippen LogP contribution is -2.43. The van der Waals surface area contributed by atoms with Crippen LogP contribution in [-0.2, 0) is 4.79 Å². The predicted octanol–water partition coefficient (Wildman–Crippen LogP) is 1.63. The third-order valence-corrected chi connectivity index (χ3v) is 5.34. The van der Waals surface area contributed by atoms with E-state index < -0.39 is 0 Å². The van der Waals surface area contributed by atoms with E-state index in [9.17, 15) is 4.79 Å². The standard InChI is InChI=1S/C13H24N2OS/c1-3-17-12-6-4-5-11(12)15-13(16)10-8-14-7-9(10)2/h9-12,14H,3-8H2,1-2H3,(H,15,16)/t9-,10-,11?,12?/m1/s1. The second-order valence-corrected chi connectivity index (χ2v) is 6.80. The molecule has 3 nitrogen and oxygen atoms in total. The first-order valence-electron chi connectivity index (χ1n) is 6.85. The zero-order chi connectivity index (χ0) is 12.3. The third kappa shape index (κ3) is 3.16. The molecule has 0 spiro atoms. The summed E-state index contributed by atoms with van der Waals surface area (Å²) < 4.78 is 0. The summed E-state index contributed by atoms with van der Waals surface area (Å²) in [5.74, 6) is 2.09. The molecule has 1 amide bonds. The van der Waals surface area contributed by atoms with Gasteiger partial charge in [-0.15, -0.1) is 0 Å². The second kappa shape index (κ2) is 6.10. The van der Waals surface area contributed by atoms with Gasteiger partial charge in [-0.2, -0.15) is 11.8 Å². The summed E-state index contributed by atoms with van der Waals surface area (Å²) in [6, 6.07) is 0.417. The molecule has 0 radical (unpaired) electrons. The van der Waals surface area contributed by atoms with Crippen LogP contribution in [0.25, 0.3) is 0 Å². The molecule has 0 aromatic carbocycles. The molecule has 2 N–H and O–H groups in total. The van der Waals surface area contributed by atoms with Crippen LogP contribution in [0.15, 0.2) is 0 Å². The molecule has 2 unspecified atom stereocenters. The number of thioether (sulfide) groups is 1. The fraction of sp³-hybridized carbons (Fsp3) is 0.923. The van der Waals surface area contributed by atoms with Crippen molar-refractivity contribution in [2.45, 2.75) is 44.4 Å². The molecule has 0 aromatic heterocycles. The van der Waals surface area contributed by atoms with Gasteiger partial charge in [0.05, 0.1) is 5.92 Å². The Balaban J connectivity index is 1.85. The highest BCUT2D eigenvalue weighted by Crippen LogP contribution is 2.30. The van der Waals surface area contributed by atoms with Crippen LogP contribution < -0.4 is 10.6 Å². The summed E-state index contributed by atoms with van der Waals surface area (Å²) >= 11 is 2.00. The average molecular weight is 256 g/mol. The maximum absolute atomic E-state index is 12.2. The lowest BCUT2D eigenvalue weighted by Gasteiger charge is -2.23. The van der Waals surface area contributed by atoms with Crippen molar-refractivity contribution in [2.75, 3.05) is 18.8 Å². The van der Waals surface area contributed by atoms with Gasteiger partial charge in [-0.25, -0.2) is 0 Å². The summed E-state index contributed by atoms with van der Waals surface area (Å²) in [5.41, 5.74) is 0. The molecule has 4 heteroatoms. The van der Waals surface area contributed by atoms with Gasteiger partial charge < -0.3 is 10.6 Å². The van der Waals surface area contributed by atoms with Crippen LogP contribution in [-0.4, -0.2) is 36.0 Å². The molecule has 1 saturated heterocycles. The van der Waals surface area contributed by atoms with Gasteiger partial charge in [0.2, 0.25) is 5.91 Å². The van der Waals surface area contributed by atoms with Gasteiger partial charge in [-0.3, -0.25) is 4.79 Å². The SMILES string of the molecule is CCSC1CCCC1NC(=O)[C@@H]1CNC[C@H]1C. The van der Waals surface area contributed by atoms with Gasteiger partial charge in [0.15, 0.2) is 0 Å². The number of hydrogen-bond acceptors (Lipinski definition) is 3. The van der Waals surface area contributed by atoms with Crippen molar-refractivity contribution in [1.29, 1.82) is 0 Å². The number of rotatable bonds is 4. The van der Waals surface area contributed by atoms with E-state index in [-0.39, 0.29) is 11.8 Å². The minimum Gasteiger partial charge on any atom is -0.352 e. The van der Waals surface area contributed by atoms with Gasteiger partial charge in [0.1, 0.15) is 0 Å². The molecule has 98 valence electrons. The predicted molar refractivity (Wildman–Crippen MR) is 73.2 cm³/mol. The lowest BCUT2D eigenvalue weighted by molar-refractivity contribution is -0.126. The van der Waals surface area contributed by atoms with Crippen LogP contribution in [0.1, 0.15) is 33.1 Å². The molecule has 4 atom stereocenters. The van der Waals surface area contributed by atoms with Crippen LogP contribution in [0, 0.1) is 11.8 Å². The number of carbonyl (C=O) groups is 1. The average Bonchev–Trinajstić information content (AvgIpc) is 2.89. The van der Waals surface area contributed by atoms with E-state index in [1.807, 2.05) is 11.8 Å². The molecule has 2 aliphatic rings. The molecule has 1 heterocycles. The van der Waals surface area contributed by atoms with E-state index in [0.29, 0.717) is 17.2 Å². The molecule has 2 rings (SSSR count). The van der Waals surface area contributed by atoms with Crippen LogP contribution in [0.3, 0.4) is 0 Å². The summed E-state index contributed by atoms with van der Waals surface area (Å²) in [7, 11) is 0. The van der Waals surface area contributed by atoms with Gasteiger partial charge >= 0.3 is 0 Å². The first-order chi connectivity index (χ1) is 8.22. The summed E-state index contributed by atoms with van der Waals surface area (Å²) in [4.78, 5) is 12.2. The first kappa shape index (κ1) is 13.2. The summed E-state index contributed by atoms with van der Waals surface area (Å²) in [6.45, 7) is 6.20. The van der Waals surface area contributed by atoms with Gasteiger partial charge in [-0.05, 0) is 31.1 Å². The highest BCUT2D eigenvalue weighted by molar-refractivity contribution is 7.99. The molecule has 2 fully saturated rings. The van der Waals surface area contributed by atoms with Crippen molar-refractivity contribution in [3.63, 3.8) is 0 Å². The van der Waals surface area contributed by atoms with E-state index in [4.69, 9.17) is 0 Å². The Bertz CT molecular complexity index is 272. The zero-order valence-corrected chi connectivity index (χ0v) is 11.7. The summed E-state index contributed by atoms with van der Waals surface area (Å²) in [6.07, 6.45) is 3.70. The Morgan fingerprint density at radius 2 is 2.24 bits per heavy atom. The highest BCUT2D eigenvalue weighted by atomic mass is 32.2. The van der Waals surface area contributed by atoms with Crippen molar-refractivity contribution in [2.24, 2.45) is 11.8 Å². The van der Waals surface area contributed by atoms with Crippen molar-refractivity contribution in [1.82, 2.24) is 10.6 Å². The van der Waals surface area contributed by atoms with Crippen molar-refractivity contribution < 1.29 is 4.79 Å². The van der Waals surface area contributed by atoms with Gasteiger partial charge in [0, 0.05) is 17.8 Å². The third-order valence-electron chi connectivity index (χ3n) is 4.02. The van der Waals surface area contributed by atoms with Crippen molar-refractivity contribution in [3.8, 4) is 0 Å². The molecular weight excluding hydrogens is 232 g/mol. The van der Waals surface area contributed by atoms with E-state index >= 15 is 0 Å². The van der Waals surface area contributed by atoms with Gasteiger partial charge in [0.25, 0.3) is 0 Å². The topological polar surface area (TPSA) is 41.1 Å². The number of hydrogen-bond donors (Lipinski definition) is 2. The lowest BCUT2D eigenvalue weighted by atomic mass is 9.97. The van der Waals surface area contributed by atoms with E-state index in [0.717, 1.165) is 25.3 Å². The van der Waals surface area contributed by atoms with Crippen molar-refractivity contribution in [3.05, 3.63) is 0 Å². The fourth-order valence-electron chi connectivity index (χ4n) is 2.96. The maximum atomic E-state index is 12.2. The number of carbonyl (C=O) groups excluding carboxylic acids is 1. The Hall–Kier alpha value is -0.220. The Morgan fingerprint density at radius 3 is 2.88 bits per heavy atom. The van der Waals surface area contributed by atoms with Crippen LogP contribution in [0.2, 0.25) is 0 Å². The van der Waals surface area contributed by atoms with Crippen LogP contribution in [0.4, 0.5) is 0 Å². The number of amides is 1.